The molecule has 0 saturated carbocycles. The van der Waals surface area contributed by atoms with Gasteiger partial charge in [0, 0.05) is 25.4 Å². The monoisotopic (exact) mass is 266 g/mol. The van der Waals surface area contributed by atoms with Crippen molar-refractivity contribution in [3.05, 3.63) is 23.4 Å². The molecule has 1 aromatic rings. The molecule has 0 aliphatic heterocycles. The highest BCUT2D eigenvalue weighted by Crippen LogP contribution is 2.19. The molecule has 108 valence electrons. The van der Waals surface area contributed by atoms with Gasteiger partial charge in [0.15, 0.2) is 0 Å². The molecule has 4 heteroatoms. The molecule has 0 spiro atoms. The highest BCUT2D eigenvalue weighted by atomic mass is 16.5. The Bertz CT molecular complexity index is 360. The van der Waals surface area contributed by atoms with Crippen molar-refractivity contribution in [2.24, 2.45) is 0 Å². The first-order valence-electron chi connectivity index (χ1n) is 7.02. The minimum Gasteiger partial charge on any atom is -0.392 e. The molecule has 1 aromatic heterocycles. The summed E-state index contributed by atoms with van der Waals surface area (Å²) >= 11 is 0. The number of rotatable bonds is 8. The molecule has 0 saturated heterocycles. The lowest BCUT2D eigenvalue weighted by Crippen LogP contribution is -2.36. The standard InChI is InChI=1S/C15H26N2O2/c1-5-12(3)17(7-8-19-4)15-10-13(11-18)9-14(6-2)16-15/h9-10,12,18H,5-8,11H2,1-4H3. The number of hydrogen-bond donors (Lipinski definition) is 1. The fourth-order valence-electron chi connectivity index (χ4n) is 2.02. The number of pyridine rings is 1. The van der Waals surface area contributed by atoms with Crippen LogP contribution in [0.2, 0.25) is 0 Å². The van der Waals surface area contributed by atoms with E-state index >= 15 is 0 Å². The van der Waals surface area contributed by atoms with Crippen molar-refractivity contribution in [2.45, 2.75) is 46.3 Å². The van der Waals surface area contributed by atoms with E-state index in [1.807, 2.05) is 12.1 Å². The molecule has 0 aromatic carbocycles. The second-order valence-corrected chi connectivity index (χ2v) is 4.78. The number of methoxy groups -OCH3 is 1. The number of aromatic nitrogens is 1. The van der Waals surface area contributed by atoms with Crippen LogP contribution in [0.5, 0.6) is 0 Å². The summed E-state index contributed by atoms with van der Waals surface area (Å²) in [5.74, 6) is 0.940. The van der Waals surface area contributed by atoms with Crippen LogP contribution < -0.4 is 4.90 Å². The van der Waals surface area contributed by atoms with Gasteiger partial charge in [0.1, 0.15) is 5.82 Å². The average molecular weight is 266 g/mol. The Kier molecular flexibility index (Phi) is 6.81. The Morgan fingerprint density at radius 3 is 2.63 bits per heavy atom. The zero-order valence-corrected chi connectivity index (χ0v) is 12.5. The van der Waals surface area contributed by atoms with Gasteiger partial charge in [0.2, 0.25) is 0 Å². The van der Waals surface area contributed by atoms with E-state index in [0.717, 1.165) is 36.5 Å². The van der Waals surface area contributed by atoms with Crippen LogP contribution in [-0.2, 0) is 17.8 Å². The molecule has 0 amide bonds. The summed E-state index contributed by atoms with van der Waals surface area (Å²) in [6, 6.07) is 4.34. The second kappa shape index (κ2) is 8.12. The van der Waals surface area contributed by atoms with Crippen molar-refractivity contribution in [2.75, 3.05) is 25.2 Å². The van der Waals surface area contributed by atoms with Gasteiger partial charge >= 0.3 is 0 Å². The summed E-state index contributed by atoms with van der Waals surface area (Å²) in [5, 5.41) is 9.36. The van der Waals surface area contributed by atoms with Crippen LogP contribution in [0.1, 0.15) is 38.4 Å². The highest BCUT2D eigenvalue weighted by Gasteiger charge is 2.15. The van der Waals surface area contributed by atoms with Gasteiger partial charge in [-0.1, -0.05) is 13.8 Å². The lowest BCUT2D eigenvalue weighted by Gasteiger charge is -2.30. The first-order valence-corrected chi connectivity index (χ1v) is 7.02. The van der Waals surface area contributed by atoms with Crippen molar-refractivity contribution in [1.29, 1.82) is 0 Å². The Morgan fingerprint density at radius 1 is 1.37 bits per heavy atom. The van der Waals surface area contributed by atoms with Crippen molar-refractivity contribution < 1.29 is 9.84 Å². The molecular formula is C15H26N2O2. The van der Waals surface area contributed by atoms with Crippen LogP contribution >= 0.6 is 0 Å². The minimum atomic E-state index is 0.0567. The van der Waals surface area contributed by atoms with Gasteiger partial charge in [-0.15, -0.1) is 0 Å². The van der Waals surface area contributed by atoms with E-state index < -0.39 is 0 Å². The summed E-state index contributed by atoms with van der Waals surface area (Å²) in [5.41, 5.74) is 1.94. The van der Waals surface area contributed by atoms with E-state index in [9.17, 15) is 5.11 Å². The molecule has 1 heterocycles. The van der Waals surface area contributed by atoms with Gasteiger partial charge in [-0.2, -0.15) is 0 Å². The summed E-state index contributed by atoms with van der Waals surface area (Å²) in [6.07, 6.45) is 1.93. The maximum atomic E-state index is 9.36. The van der Waals surface area contributed by atoms with Gasteiger partial charge in [-0.05, 0) is 37.5 Å². The topological polar surface area (TPSA) is 45.6 Å². The molecule has 0 aliphatic carbocycles. The van der Waals surface area contributed by atoms with Gasteiger partial charge in [0.05, 0.1) is 13.2 Å². The lowest BCUT2D eigenvalue weighted by molar-refractivity contribution is 0.203. The van der Waals surface area contributed by atoms with E-state index in [-0.39, 0.29) is 6.61 Å². The second-order valence-electron chi connectivity index (χ2n) is 4.78. The zero-order valence-electron chi connectivity index (χ0n) is 12.5. The summed E-state index contributed by atoms with van der Waals surface area (Å²) in [4.78, 5) is 6.93. The van der Waals surface area contributed by atoms with Crippen molar-refractivity contribution in [3.63, 3.8) is 0 Å². The summed E-state index contributed by atoms with van der Waals surface area (Å²) in [7, 11) is 1.71. The number of ether oxygens (including phenoxy) is 1. The quantitative estimate of drug-likeness (QED) is 0.784. The molecule has 1 unspecified atom stereocenters. The number of nitrogens with zero attached hydrogens (tertiary/aromatic N) is 2. The minimum absolute atomic E-state index is 0.0567. The van der Waals surface area contributed by atoms with Crippen molar-refractivity contribution >= 4 is 5.82 Å². The van der Waals surface area contributed by atoms with E-state index in [1.54, 1.807) is 7.11 Å². The third-order valence-corrected chi connectivity index (χ3v) is 3.42. The van der Waals surface area contributed by atoms with E-state index in [0.29, 0.717) is 12.6 Å². The van der Waals surface area contributed by atoms with Crippen LogP contribution in [0.25, 0.3) is 0 Å². The molecule has 1 rings (SSSR count). The fraction of sp³-hybridized carbons (Fsp3) is 0.667. The molecule has 0 radical (unpaired) electrons. The molecule has 0 fully saturated rings. The van der Waals surface area contributed by atoms with Gasteiger partial charge in [0.25, 0.3) is 0 Å². The summed E-state index contributed by atoms with van der Waals surface area (Å²) < 4.78 is 5.18. The van der Waals surface area contributed by atoms with Gasteiger partial charge < -0.3 is 14.7 Å². The van der Waals surface area contributed by atoms with Crippen molar-refractivity contribution in [3.8, 4) is 0 Å². The number of aliphatic hydroxyl groups is 1. The first kappa shape index (κ1) is 15.9. The first-order chi connectivity index (χ1) is 9.15. The van der Waals surface area contributed by atoms with Crippen LogP contribution in [0.15, 0.2) is 12.1 Å². The predicted octanol–water partition coefficient (Wildman–Crippen LogP) is 2.39. The molecule has 0 bridgehead atoms. The van der Waals surface area contributed by atoms with E-state index in [4.69, 9.17) is 4.74 Å². The van der Waals surface area contributed by atoms with Gasteiger partial charge in [-0.3, -0.25) is 0 Å². The van der Waals surface area contributed by atoms with E-state index in [2.05, 4.69) is 30.7 Å². The van der Waals surface area contributed by atoms with Crippen LogP contribution in [0.4, 0.5) is 5.82 Å². The smallest absolute Gasteiger partial charge is 0.129 e. The molecule has 19 heavy (non-hydrogen) atoms. The fourth-order valence-corrected chi connectivity index (χ4v) is 2.02. The number of aryl methyl sites for hydroxylation is 1. The Hall–Kier alpha value is -1.13. The SMILES string of the molecule is CCc1cc(CO)cc(N(CCOC)C(C)CC)n1. The zero-order chi connectivity index (χ0) is 14.3. The predicted molar refractivity (Wildman–Crippen MR) is 78.5 cm³/mol. The third-order valence-electron chi connectivity index (χ3n) is 3.42. The average Bonchev–Trinajstić information content (AvgIpc) is 2.46. The Balaban J connectivity index is 3.05. The molecule has 1 N–H and O–H groups in total. The lowest BCUT2D eigenvalue weighted by atomic mass is 10.1. The largest absolute Gasteiger partial charge is 0.392 e. The Labute approximate surface area is 116 Å². The normalized spacial score (nSPS) is 12.5. The van der Waals surface area contributed by atoms with Gasteiger partial charge in [-0.25, -0.2) is 4.98 Å². The molecule has 1 atom stereocenters. The highest BCUT2D eigenvalue weighted by molar-refractivity contribution is 5.43. The molecular weight excluding hydrogens is 240 g/mol. The third kappa shape index (κ3) is 4.48. The Morgan fingerprint density at radius 2 is 2.11 bits per heavy atom. The number of aliphatic hydroxyl groups excluding tert-OH is 1. The maximum Gasteiger partial charge on any atom is 0.129 e. The van der Waals surface area contributed by atoms with E-state index in [1.165, 1.54) is 0 Å². The van der Waals surface area contributed by atoms with Crippen molar-refractivity contribution in [1.82, 2.24) is 4.98 Å². The van der Waals surface area contributed by atoms with Crippen LogP contribution in [0, 0.1) is 0 Å². The number of anilines is 1. The molecule has 0 aliphatic rings. The molecule has 4 nitrogen and oxygen atoms in total. The van der Waals surface area contributed by atoms with Crippen LogP contribution in [0.3, 0.4) is 0 Å². The maximum absolute atomic E-state index is 9.36. The number of hydrogen-bond acceptors (Lipinski definition) is 4. The van der Waals surface area contributed by atoms with Crippen LogP contribution in [-0.4, -0.2) is 36.4 Å². The summed E-state index contributed by atoms with van der Waals surface area (Å²) in [6.45, 7) is 7.99.